The molecule has 0 amide bonds. The van der Waals surface area contributed by atoms with Crippen LogP contribution < -0.4 is 5.32 Å². The predicted molar refractivity (Wildman–Crippen MR) is 58.6 cm³/mol. The van der Waals surface area contributed by atoms with Gasteiger partial charge in [0.1, 0.15) is 11.8 Å². The number of hydrogen-bond donors (Lipinski definition) is 1. The third-order valence-electron chi connectivity index (χ3n) is 2.65. The van der Waals surface area contributed by atoms with Gasteiger partial charge in [-0.3, -0.25) is 10.1 Å². The van der Waals surface area contributed by atoms with E-state index in [9.17, 15) is 4.79 Å². The number of carbonyl (C=O) groups is 1. The van der Waals surface area contributed by atoms with Crippen molar-refractivity contribution in [3.8, 4) is 0 Å². The van der Waals surface area contributed by atoms with Gasteiger partial charge in [-0.1, -0.05) is 20.3 Å². The lowest BCUT2D eigenvalue weighted by Crippen LogP contribution is -2.42. The molecule has 0 fully saturated rings. The lowest BCUT2D eigenvalue weighted by molar-refractivity contribution is -0.144. The number of rotatable bonds is 6. The molecule has 0 aliphatic carbocycles. The van der Waals surface area contributed by atoms with Gasteiger partial charge in [0, 0.05) is 0 Å². The van der Waals surface area contributed by atoms with Gasteiger partial charge in [-0.15, -0.1) is 0 Å². The number of nitrogens with zero attached hydrogens (tertiary/aromatic N) is 1. The Hall–Kier alpha value is -1.36. The van der Waals surface area contributed by atoms with E-state index in [-0.39, 0.29) is 17.9 Å². The van der Waals surface area contributed by atoms with Gasteiger partial charge in [0.05, 0.1) is 19.9 Å². The molecule has 2 atom stereocenters. The minimum atomic E-state index is -0.305. The Morgan fingerprint density at radius 1 is 1.69 bits per heavy atom. The summed E-state index contributed by atoms with van der Waals surface area (Å²) in [5, 5.41) is 3.12. The molecule has 1 N–H and O–H groups in total. The van der Waals surface area contributed by atoms with Gasteiger partial charge in [0.2, 0.25) is 0 Å². The number of nitrogens with one attached hydrogen (secondary N) is 1. The van der Waals surface area contributed by atoms with Crippen molar-refractivity contribution in [1.82, 2.24) is 10.3 Å². The summed E-state index contributed by atoms with van der Waals surface area (Å²) in [7, 11) is 1.40. The van der Waals surface area contributed by atoms with E-state index < -0.39 is 0 Å². The zero-order valence-corrected chi connectivity index (χ0v) is 9.90. The first-order chi connectivity index (χ1) is 7.69. The average molecular weight is 226 g/mol. The number of ether oxygens (including phenoxy) is 1. The van der Waals surface area contributed by atoms with Crippen molar-refractivity contribution < 1.29 is 13.9 Å². The fourth-order valence-electron chi connectivity index (χ4n) is 1.42. The van der Waals surface area contributed by atoms with Crippen LogP contribution in [0.2, 0.25) is 0 Å². The highest BCUT2D eigenvalue weighted by Crippen LogP contribution is 2.10. The normalized spacial score (nSPS) is 14.4. The van der Waals surface area contributed by atoms with E-state index in [1.165, 1.54) is 13.5 Å². The minimum Gasteiger partial charge on any atom is -0.468 e. The minimum absolute atomic E-state index is 0.218. The van der Waals surface area contributed by atoms with Crippen LogP contribution in [0, 0.1) is 5.92 Å². The first-order valence-electron chi connectivity index (χ1n) is 5.37. The van der Waals surface area contributed by atoms with Crippen molar-refractivity contribution in [2.24, 2.45) is 5.92 Å². The Morgan fingerprint density at radius 2 is 2.44 bits per heavy atom. The van der Waals surface area contributed by atoms with Gasteiger partial charge >= 0.3 is 5.97 Å². The quantitative estimate of drug-likeness (QED) is 0.742. The van der Waals surface area contributed by atoms with Crippen molar-refractivity contribution in [2.75, 3.05) is 7.11 Å². The van der Waals surface area contributed by atoms with Gasteiger partial charge in [0.15, 0.2) is 6.39 Å². The molecule has 0 saturated heterocycles. The molecule has 0 radical (unpaired) electrons. The first kappa shape index (κ1) is 12.7. The maximum absolute atomic E-state index is 11.5. The predicted octanol–water partition coefficient (Wildman–Crippen LogP) is 1.35. The molecule has 1 rings (SSSR count). The van der Waals surface area contributed by atoms with Crippen LogP contribution >= 0.6 is 0 Å². The fraction of sp³-hybridized carbons (Fsp3) is 0.636. The Morgan fingerprint density at radius 3 is 2.94 bits per heavy atom. The van der Waals surface area contributed by atoms with Crippen LogP contribution in [0.25, 0.3) is 0 Å². The SMILES string of the molecule is CCC(C)C(NCc1cnco1)C(=O)OC. The molecule has 0 spiro atoms. The van der Waals surface area contributed by atoms with E-state index in [4.69, 9.17) is 9.15 Å². The molecule has 1 heterocycles. The maximum Gasteiger partial charge on any atom is 0.323 e. The zero-order valence-electron chi connectivity index (χ0n) is 9.90. The summed E-state index contributed by atoms with van der Waals surface area (Å²) in [6.07, 6.45) is 3.90. The van der Waals surface area contributed by atoms with Gasteiger partial charge < -0.3 is 9.15 Å². The van der Waals surface area contributed by atoms with Crippen LogP contribution in [-0.4, -0.2) is 24.1 Å². The highest BCUT2D eigenvalue weighted by atomic mass is 16.5. The Bertz CT molecular complexity index is 311. The van der Waals surface area contributed by atoms with E-state index in [2.05, 4.69) is 10.3 Å². The largest absolute Gasteiger partial charge is 0.468 e. The molecule has 0 saturated carbocycles. The van der Waals surface area contributed by atoms with Crippen molar-refractivity contribution in [3.05, 3.63) is 18.4 Å². The number of aromatic nitrogens is 1. The summed E-state index contributed by atoms with van der Waals surface area (Å²) in [6.45, 7) is 4.52. The van der Waals surface area contributed by atoms with Crippen LogP contribution in [0.5, 0.6) is 0 Å². The lowest BCUT2D eigenvalue weighted by atomic mass is 9.99. The molecule has 1 aromatic rings. The maximum atomic E-state index is 11.5. The standard InChI is InChI=1S/C11H18N2O3/c1-4-8(2)10(11(14)15-3)13-6-9-5-12-7-16-9/h5,7-8,10,13H,4,6H2,1-3H3. The van der Waals surface area contributed by atoms with Gasteiger partial charge in [0.25, 0.3) is 0 Å². The number of hydrogen-bond acceptors (Lipinski definition) is 5. The molecule has 0 bridgehead atoms. The monoisotopic (exact) mass is 226 g/mol. The van der Waals surface area contributed by atoms with Gasteiger partial charge in [-0.2, -0.15) is 0 Å². The molecule has 2 unspecified atom stereocenters. The molecule has 0 aliphatic rings. The molecule has 0 aliphatic heterocycles. The van der Waals surface area contributed by atoms with E-state index in [0.29, 0.717) is 12.3 Å². The summed E-state index contributed by atoms with van der Waals surface area (Å²) >= 11 is 0. The van der Waals surface area contributed by atoms with E-state index in [1.54, 1.807) is 6.20 Å². The second-order valence-corrected chi connectivity index (χ2v) is 3.74. The third-order valence-corrected chi connectivity index (χ3v) is 2.65. The van der Waals surface area contributed by atoms with Crippen molar-refractivity contribution in [1.29, 1.82) is 0 Å². The summed E-state index contributed by atoms with van der Waals surface area (Å²) in [5.74, 6) is 0.682. The Kier molecular flexibility index (Phi) is 4.98. The highest BCUT2D eigenvalue weighted by Gasteiger charge is 2.24. The Balaban J connectivity index is 2.53. The van der Waals surface area contributed by atoms with Crippen LogP contribution in [0.3, 0.4) is 0 Å². The second-order valence-electron chi connectivity index (χ2n) is 3.74. The number of esters is 1. The number of oxazole rings is 1. The summed E-state index contributed by atoms with van der Waals surface area (Å²) in [4.78, 5) is 15.3. The van der Waals surface area contributed by atoms with E-state index in [0.717, 1.165) is 6.42 Å². The van der Waals surface area contributed by atoms with Gasteiger partial charge in [-0.05, 0) is 5.92 Å². The molecule has 5 heteroatoms. The van der Waals surface area contributed by atoms with Crippen LogP contribution in [0.1, 0.15) is 26.0 Å². The van der Waals surface area contributed by atoms with Crippen LogP contribution in [0.15, 0.2) is 17.0 Å². The topological polar surface area (TPSA) is 64.4 Å². The van der Waals surface area contributed by atoms with Crippen molar-refractivity contribution in [3.63, 3.8) is 0 Å². The highest BCUT2D eigenvalue weighted by molar-refractivity contribution is 5.75. The molecule has 90 valence electrons. The van der Waals surface area contributed by atoms with Crippen LogP contribution in [-0.2, 0) is 16.1 Å². The molecular weight excluding hydrogens is 208 g/mol. The smallest absolute Gasteiger partial charge is 0.323 e. The Labute approximate surface area is 95.2 Å². The molecule has 16 heavy (non-hydrogen) atoms. The molecule has 0 aromatic carbocycles. The summed E-state index contributed by atoms with van der Waals surface area (Å²) < 4.78 is 9.84. The zero-order chi connectivity index (χ0) is 12.0. The van der Waals surface area contributed by atoms with Crippen molar-refractivity contribution >= 4 is 5.97 Å². The fourth-order valence-corrected chi connectivity index (χ4v) is 1.42. The molecular formula is C11H18N2O3. The summed E-state index contributed by atoms with van der Waals surface area (Å²) in [5.41, 5.74) is 0. The van der Waals surface area contributed by atoms with Crippen LogP contribution in [0.4, 0.5) is 0 Å². The molecule has 1 aromatic heterocycles. The lowest BCUT2D eigenvalue weighted by Gasteiger charge is -2.21. The number of carbonyl (C=O) groups excluding carboxylic acids is 1. The van der Waals surface area contributed by atoms with Gasteiger partial charge in [-0.25, -0.2) is 4.98 Å². The van der Waals surface area contributed by atoms with Crippen molar-refractivity contribution in [2.45, 2.75) is 32.9 Å². The first-order valence-corrected chi connectivity index (χ1v) is 5.37. The third kappa shape index (κ3) is 3.34. The number of methoxy groups -OCH3 is 1. The summed E-state index contributed by atoms with van der Waals surface area (Å²) in [6, 6.07) is -0.305. The van der Waals surface area contributed by atoms with E-state index >= 15 is 0 Å². The second kappa shape index (κ2) is 6.27. The average Bonchev–Trinajstić information content (AvgIpc) is 2.81. The van der Waals surface area contributed by atoms with E-state index in [1.807, 2.05) is 13.8 Å². The molecule has 5 nitrogen and oxygen atoms in total.